The van der Waals surface area contributed by atoms with Gasteiger partial charge in [0, 0.05) is 26.2 Å². The lowest BCUT2D eigenvalue weighted by molar-refractivity contribution is 0.0531. The third-order valence-corrected chi connectivity index (χ3v) is 3.10. The van der Waals surface area contributed by atoms with E-state index in [0.29, 0.717) is 18.1 Å². The molecule has 3 nitrogen and oxygen atoms in total. The number of nitrogens with two attached hydrogens (primary N) is 1. The van der Waals surface area contributed by atoms with Crippen LogP contribution < -0.4 is 5.73 Å². The van der Waals surface area contributed by atoms with Gasteiger partial charge in [0.15, 0.2) is 0 Å². The first-order chi connectivity index (χ1) is 7.00. The smallest absolute Gasteiger partial charge is 0.251 e. The Balaban J connectivity index is 2.32. The van der Waals surface area contributed by atoms with Gasteiger partial charge in [-0.3, -0.25) is 9.80 Å². The average molecular weight is 237 g/mol. The first kappa shape index (κ1) is 12.7. The van der Waals surface area contributed by atoms with Crippen LogP contribution in [0.1, 0.15) is 6.92 Å². The van der Waals surface area contributed by atoms with Crippen LogP contribution >= 0.6 is 12.2 Å². The molecule has 0 spiro atoms. The summed E-state index contributed by atoms with van der Waals surface area (Å²) in [7, 11) is 0. The maximum Gasteiger partial charge on any atom is 0.251 e. The minimum Gasteiger partial charge on any atom is -0.392 e. The van der Waals surface area contributed by atoms with Crippen LogP contribution in [0.3, 0.4) is 0 Å². The standard InChI is InChI=1S/C9H17F2N3S/c1-7(9(12)15)14-4-2-13(3-5-14)6-8(10)11/h7-8H,2-6H2,1H3,(H2,12,15). The van der Waals surface area contributed by atoms with Crippen LogP contribution in [0.5, 0.6) is 0 Å². The molecule has 0 aromatic heterocycles. The van der Waals surface area contributed by atoms with Crippen molar-refractivity contribution in [1.29, 1.82) is 0 Å². The summed E-state index contributed by atoms with van der Waals surface area (Å²) in [5.74, 6) is 0. The van der Waals surface area contributed by atoms with Crippen molar-refractivity contribution < 1.29 is 8.78 Å². The molecule has 6 heteroatoms. The molecule has 1 aliphatic heterocycles. The minimum atomic E-state index is -2.25. The number of halogens is 2. The summed E-state index contributed by atoms with van der Waals surface area (Å²) in [6, 6.07) is 0.0636. The molecule has 1 rings (SSSR count). The topological polar surface area (TPSA) is 32.5 Å². The van der Waals surface area contributed by atoms with Crippen molar-refractivity contribution in [3.05, 3.63) is 0 Å². The number of thiocarbonyl (C=S) groups is 1. The highest BCUT2D eigenvalue weighted by Gasteiger charge is 2.23. The molecule has 0 radical (unpaired) electrons. The van der Waals surface area contributed by atoms with Crippen molar-refractivity contribution in [3.63, 3.8) is 0 Å². The fourth-order valence-corrected chi connectivity index (χ4v) is 1.86. The van der Waals surface area contributed by atoms with Crippen LogP contribution in [0, 0.1) is 0 Å². The van der Waals surface area contributed by atoms with Gasteiger partial charge in [0.2, 0.25) is 0 Å². The van der Waals surface area contributed by atoms with Gasteiger partial charge in [-0.1, -0.05) is 12.2 Å². The number of alkyl halides is 2. The van der Waals surface area contributed by atoms with Crippen LogP contribution in [-0.2, 0) is 0 Å². The molecule has 2 N–H and O–H groups in total. The largest absolute Gasteiger partial charge is 0.392 e. The fraction of sp³-hybridized carbons (Fsp3) is 0.889. The van der Waals surface area contributed by atoms with E-state index in [0.717, 1.165) is 13.1 Å². The first-order valence-corrected chi connectivity index (χ1v) is 5.45. The Kier molecular flexibility index (Phi) is 4.82. The highest BCUT2D eigenvalue weighted by atomic mass is 32.1. The molecule has 1 atom stereocenters. The Hall–Kier alpha value is -0.330. The highest BCUT2D eigenvalue weighted by Crippen LogP contribution is 2.08. The molecule has 1 unspecified atom stereocenters. The minimum absolute atomic E-state index is 0.0636. The van der Waals surface area contributed by atoms with E-state index in [1.807, 2.05) is 6.92 Å². The van der Waals surface area contributed by atoms with Gasteiger partial charge in [-0.15, -0.1) is 0 Å². The molecule has 1 fully saturated rings. The van der Waals surface area contributed by atoms with Gasteiger partial charge >= 0.3 is 0 Å². The zero-order valence-corrected chi connectivity index (χ0v) is 9.64. The van der Waals surface area contributed by atoms with E-state index in [9.17, 15) is 8.78 Å². The highest BCUT2D eigenvalue weighted by molar-refractivity contribution is 7.80. The quantitative estimate of drug-likeness (QED) is 0.724. The van der Waals surface area contributed by atoms with E-state index < -0.39 is 6.43 Å². The van der Waals surface area contributed by atoms with Crippen molar-refractivity contribution >= 4 is 17.2 Å². The molecule has 0 aromatic rings. The lowest BCUT2D eigenvalue weighted by Gasteiger charge is -2.37. The summed E-state index contributed by atoms with van der Waals surface area (Å²) in [5, 5.41) is 0. The van der Waals surface area contributed by atoms with Crippen LogP contribution in [0.2, 0.25) is 0 Å². The van der Waals surface area contributed by atoms with Gasteiger partial charge < -0.3 is 5.73 Å². The van der Waals surface area contributed by atoms with Gasteiger partial charge in [0.1, 0.15) is 0 Å². The van der Waals surface area contributed by atoms with Gasteiger partial charge in [-0.2, -0.15) is 0 Å². The number of rotatable bonds is 4. The second-order valence-corrected chi connectivity index (χ2v) is 4.28. The molecule has 0 aliphatic carbocycles. The second-order valence-electron chi connectivity index (χ2n) is 3.81. The monoisotopic (exact) mass is 237 g/mol. The molecule has 1 aliphatic rings. The zero-order valence-electron chi connectivity index (χ0n) is 8.83. The van der Waals surface area contributed by atoms with E-state index in [1.54, 1.807) is 4.90 Å². The molecule has 0 saturated carbocycles. The number of hydrogen-bond donors (Lipinski definition) is 1. The third kappa shape index (κ3) is 3.96. The SMILES string of the molecule is CC(C(N)=S)N1CCN(CC(F)F)CC1. The van der Waals surface area contributed by atoms with Crippen molar-refractivity contribution in [2.45, 2.75) is 19.4 Å². The maximum absolute atomic E-state index is 12.1. The second kappa shape index (κ2) is 5.67. The Labute approximate surface area is 94.2 Å². The maximum atomic E-state index is 12.1. The van der Waals surface area contributed by atoms with E-state index in [1.165, 1.54) is 0 Å². The molecule has 0 amide bonds. The van der Waals surface area contributed by atoms with Crippen LogP contribution in [-0.4, -0.2) is 60.0 Å². The van der Waals surface area contributed by atoms with Gasteiger partial charge in [0.05, 0.1) is 17.6 Å². The Morgan fingerprint density at radius 3 is 2.27 bits per heavy atom. The first-order valence-electron chi connectivity index (χ1n) is 5.04. The lowest BCUT2D eigenvalue weighted by Crippen LogP contribution is -2.53. The molecular weight excluding hydrogens is 220 g/mol. The molecule has 0 aromatic carbocycles. The van der Waals surface area contributed by atoms with Crippen molar-refractivity contribution in [3.8, 4) is 0 Å². The van der Waals surface area contributed by atoms with Crippen LogP contribution in [0.25, 0.3) is 0 Å². The van der Waals surface area contributed by atoms with E-state index in [-0.39, 0.29) is 12.6 Å². The lowest BCUT2D eigenvalue weighted by atomic mass is 10.2. The van der Waals surface area contributed by atoms with Gasteiger partial charge in [-0.05, 0) is 6.92 Å². The summed E-state index contributed by atoms with van der Waals surface area (Å²) in [5.41, 5.74) is 5.54. The summed E-state index contributed by atoms with van der Waals surface area (Å²) in [6.45, 7) is 4.66. The van der Waals surface area contributed by atoms with Crippen LogP contribution in [0.15, 0.2) is 0 Å². The number of nitrogens with zero attached hydrogens (tertiary/aromatic N) is 2. The summed E-state index contributed by atoms with van der Waals surface area (Å²) in [4.78, 5) is 4.37. The Morgan fingerprint density at radius 2 is 1.87 bits per heavy atom. The van der Waals surface area contributed by atoms with Crippen molar-refractivity contribution in [2.75, 3.05) is 32.7 Å². The normalized spacial score (nSPS) is 21.9. The third-order valence-electron chi connectivity index (χ3n) is 2.76. The molecule has 88 valence electrons. The Morgan fingerprint density at radius 1 is 1.33 bits per heavy atom. The van der Waals surface area contributed by atoms with Crippen LogP contribution in [0.4, 0.5) is 8.78 Å². The van der Waals surface area contributed by atoms with E-state index >= 15 is 0 Å². The molecule has 15 heavy (non-hydrogen) atoms. The van der Waals surface area contributed by atoms with Gasteiger partial charge in [0.25, 0.3) is 6.43 Å². The summed E-state index contributed by atoms with van der Waals surface area (Å²) < 4.78 is 24.2. The Bertz CT molecular complexity index is 217. The zero-order chi connectivity index (χ0) is 11.4. The summed E-state index contributed by atoms with van der Waals surface area (Å²) in [6.07, 6.45) is -2.25. The van der Waals surface area contributed by atoms with Crippen molar-refractivity contribution in [2.24, 2.45) is 5.73 Å². The van der Waals surface area contributed by atoms with E-state index in [4.69, 9.17) is 18.0 Å². The molecular formula is C9H17F2N3S. The number of piperazine rings is 1. The summed E-state index contributed by atoms with van der Waals surface area (Å²) >= 11 is 4.90. The molecule has 1 heterocycles. The van der Waals surface area contributed by atoms with Crippen molar-refractivity contribution in [1.82, 2.24) is 9.80 Å². The predicted molar refractivity (Wildman–Crippen MR) is 60.3 cm³/mol. The molecule has 0 bridgehead atoms. The fourth-order valence-electron chi connectivity index (χ4n) is 1.71. The predicted octanol–water partition coefficient (Wildman–Crippen LogP) is 0.544. The van der Waals surface area contributed by atoms with E-state index in [2.05, 4.69) is 4.90 Å². The number of hydrogen-bond acceptors (Lipinski definition) is 3. The molecule has 1 saturated heterocycles. The van der Waals surface area contributed by atoms with Gasteiger partial charge in [-0.25, -0.2) is 8.78 Å². The average Bonchev–Trinajstić information content (AvgIpc) is 2.17.